The van der Waals surface area contributed by atoms with E-state index in [1.165, 1.54) is 6.20 Å². The van der Waals surface area contributed by atoms with Crippen molar-refractivity contribution in [1.82, 2.24) is 14.9 Å². The summed E-state index contributed by atoms with van der Waals surface area (Å²) in [6, 6.07) is 10.9. The lowest BCUT2D eigenvalue weighted by Gasteiger charge is -2.09. The molecule has 2 rings (SSSR count). The molecule has 0 fully saturated rings. The maximum atomic E-state index is 8.90. The van der Waals surface area contributed by atoms with Crippen LogP contribution in [0.25, 0.3) is 0 Å². The summed E-state index contributed by atoms with van der Waals surface area (Å²) in [6.45, 7) is 1.65. The summed E-state index contributed by atoms with van der Waals surface area (Å²) < 4.78 is 1.54. The van der Waals surface area contributed by atoms with E-state index >= 15 is 0 Å². The molecule has 2 heterocycles. The molecular formula is C15H15N7. The fraction of sp³-hybridized carbons (Fsp3) is 0.200. The van der Waals surface area contributed by atoms with E-state index in [9.17, 15) is 0 Å². The van der Waals surface area contributed by atoms with Gasteiger partial charge in [0.05, 0.1) is 12.1 Å². The number of pyridine rings is 1. The molecule has 0 saturated heterocycles. The minimum Gasteiger partial charge on any atom is -0.369 e. The number of nitriles is 2. The van der Waals surface area contributed by atoms with Crippen LogP contribution in [0, 0.1) is 28.1 Å². The van der Waals surface area contributed by atoms with Gasteiger partial charge in [-0.3, -0.25) is 9.98 Å². The average Bonchev–Trinajstić information content (AvgIpc) is 3.03. The second kappa shape index (κ2) is 7.58. The average molecular weight is 293 g/mol. The van der Waals surface area contributed by atoms with Crippen molar-refractivity contribution in [1.29, 1.82) is 15.9 Å². The summed E-state index contributed by atoms with van der Waals surface area (Å²) in [5, 5.41) is 31.7. The summed E-state index contributed by atoms with van der Waals surface area (Å²) in [5.41, 5.74) is 0.976. The van der Waals surface area contributed by atoms with Crippen molar-refractivity contribution in [3.63, 3.8) is 0 Å². The van der Waals surface area contributed by atoms with Crippen LogP contribution in [0.15, 0.2) is 36.7 Å². The molecule has 2 aromatic heterocycles. The van der Waals surface area contributed by atoms with E-state index in [4.69, 9.17) is 15.9 Å². The number of nitrogens with zero attached hydrogens (tertiary/aromatic N) is 4. The van der Waals surface area contributed by atoms with Crippen LogP contribution in [0.5, 0.6) is 0 Å². The van der Waals surface area contributed by atoms with Crippen LogP contribution >= 0.6 is 0 Å². The van der Waals surface area contributed by atoms with Crippen LogP contribution in [-0.4, -0.2) is 35.0 Å². The lowest BCUT2D eigenvalue weighted by molar-refractivity contribution is 0.769. The molecule has 0 bridgehead atoms. The van der Waals surface area contributed by atoms with Gasteiger partial charge in [0, 0.05) is 25.5 Å². The van der Waals surface area contributed by atoms with E-state index in [0.29, 0.717) is 42.5 Å². The summed E-state index contributed by atoms with van der Waals surface area (Å²) in [7, 11) is 0. The first kappa shape index (κ1) is 15.2. The van der Waals surface area contributed by atoms with Crippen molar-refractivity contribution in [3.05, 3.63) is 47.9 Å². The van der Waals surface area contributed by atoms with Gasteiger partial charge in [-0.1, -0.05) is 0 Å². The van der Waals surface area contributed by atoms with Crippen LogP contribution in [0.4, 0.5) is 5.82 Å². The Morgan fingerprint density at radius 3 is 2.77 bits per heavy atom. The monoisotopic (exact) mass is 293 g/mol. The predicted octanol–water partition coefficient (Wildman–Crippen LogP) is 1.15. The molecule has 0 spiro atoms. The number of anilines is 1. The van der Waals surface area contributed by atoms with Gasteiger partial charge in [-0.15, -0.1) is 0 Å². The largest absolute Gasteiger partial charge is 0.369 e. The summed E-state index contributed by atoms with van der Waals surface area (Å²) >= 11 is 0. The van der Waals surface area contributed by atoms with Crippen LogP contribution in [0.2, 0.25) is 0 Å². The van der Waals surface area contributed by atoms with Gasteiger partial charge in [0.1, 0.15) is 29.5 Å². The third kappa shape index (κ3) is 3.92. The van der Waals surface area contributed by atoms with Gasteiger partial charge in [0.2, 0.25) is 0 Å². The van der Waals surface area contributed by atoms with Gasteiger partial charge in [0.15, 0.2) is 0 Å². The molecule has 0 aliphatic rings. The minimum absolute atomic E-state index is 0.318. The van der Waals surface area contributed by atoms with Crippen LogP contribution in [-0.2, 0) is 0 Å². The third-order valence-corrected chi connectivity index (χ3v) is 2.95. The second-order valence-electron chi connectivity index (χ2n) is 4.47. The number of rotatable bonds is 6. The zero-order valence-corrected chi connectivity index (χ0v) is 11.9. The highest BCUT2D eigenvalue weighted by Gasteiger charge is 2.04. The Bertz CT molecular complexity index is 716. The van der Waals surface area contributed by atoms with Gasteiger partial charge < -0.3 is 10.6 Å². The first-order valence-electron chi connectivity index (χ1n) is 6.70. The van der Waals surface area contributed by atoms with Crippen LogP contribution in [0.3, 0.4) is 0 Å². The molecule has 7 heteroatoms. The topological polar surface area (TPSA) is 113 Å². The molecule has 22 heavy (non-hydrogen) atoms. The lowest BCUT2D eigenvalue weighted by Crippen LogP contribution is -2.31. The van der Waals surface area contributed by atoms with Crippen molar-refractivity contribution in [2.24, 2.45) is 0 Å². The Kier molecular flexibility index (Phi) is 5.25. The van der Waals surface area contributed by atoms with E-state index in [-0.39, 0.29) is 0 Å². The van der Waals surface area contributed by atoms with Crippen LogP contribution < -0.4 is 10.6 Å². The van der Waals surface area contributed by atoms with Gasteiger partial charge in [-0.25, -0.2) is 4.98 Å². The molecule has 7 nitrogen and oxygen atoms in total. The Labute approximate surface area is 128 Å². The maximum absolute atomic E-state index is 8.90. The van der Waals surface area contributed by atoms with Gasteiger partial charge in [-0.2, -0.15) is 10.5 Å². The predicted molar refractivity (Wildman–Crippen MR) is 82.6 cm³/mol. The van der Waals surface area contributed by atoms with E-state index in [2.05, 4.69) is 15.6 Å². The molecular weight excluding hydrogens is 278 g/mol. The van der Waals surface area contributed by atoms with Gasteiger partial charge in [0.25, 0.3) is 0 Å². The van der Waals surface area contributed by atoms with Crippen molar-refractivity contribution >= 4 is 11.7 Å². The van der Waals surface area contributed by atoms with E-state index in [1.807, 2.05) is 12.1 Å². The molecule has 0 aliphatic carbocycles. The molecule has 3 N–H and O–H groups in total. The molecule has 0 saturated carbocycles. The number of nitrogens with one attached hydrogen (secondary N) is 3. The Morgan fingerprint density at radius 1 is 1.23 bits per heavy atom. The molecule has 0 radical (unpaired) electrons. The number of hydrogen-bond acceptors (Lipinski definition) is 6. The first-order chi connectivity index (χ1) is 10.7. The SMILES string of the molecule is N#Cc1ccc(NCCNCC(=N)n2cccc2C#N)nc1. The third-order valence-electron chi connectivity index (χ3n) is 2.95. The van der Waals surface area contributed by atoms with Crippen molar-refractivity contribution in [2.75, 3.05) is 25.0 Å². The summed E-state index contributed by atoms with van der Waals surface area (Å²) in [4.78, 5) is 4.10. The number of aromatic nitrogens is 2. The second-order valence-corrected chi connectivity index (χ2v) is 4.47. The van der Waals surface area contributed by atoms with E-state index in [1.54, 1.807) is 35.0 Å². The highest BCUT2D eigenvalue weighted by Crippen LogP contribution is 2.03. The normalized spacial score (nSPS) is 9.73. The highest BCUT2D eigenvalue weighted by molar-refractivity contribution is 5.84. The van der Waals surface area contributed by atoms with Crippen LogP contribution in [0.1, 0.15) is 11.3 Å². The molecule has 0 aliphatic heterocycles. The summed E-state index contributed by atoms with van der Waals surface area (Å²) in [5.74, 6) is 1.02. The van der Waals surface area contributed by atoms with E-state index < -0.39 is 0 Å². The van der Waals surface area contributed by atoms with Crippen molar-refractivity contribution in [3.8, 4) is 12.1 Å². The molecule has 0 unspecified atom stereocenters. The van der Waals surface area contributed by atoms with Gasteiger partial charge >= 0.3 is 0 Å². The van der Waals surface area contributed by atoms with Gasteiger partial charge in [-0.05, 0) is 24.3 Å². The highest BCUT2D eigenvalue weighted by atomic mass is 15.1. The standard InChI is InChI=1S/C15H15N7/c16-8-12-3-4-15(21-10-12)20-6-5-19-11-14(18)22-7-1-2-13(22)9-17/h1-4,7,10,18-19H,5-6,11H2,(H,20,21). The smallest absolute Gasteiger partial charge is 0.126 e. The minimum atomic E-state index is 0.318. The number of hydrogen-bond donors (Lipinski definition) is 3. The zero-order valence-electron chi connectivity index (χ0n) is 11.9. The zero-order chi connectivity index (χ0) is 15.8. The Balaban J connectivity index is 1.70. The summed E-state index contributed by atoms with van der Waals surface area (Å²) in [6.07, 6.45) is 3.21. The molecule has 110 valence electrons. The fourth-order valence-corrected chi connectivity index (χ4v) is 1.84. The Hall–Kier alpha value is -3.16. The van der Waals surface area contributed by atoms with Crippen molar-refractivity contribution < 1.29 is 0 Å². The molecule has 0 amide bonds. The molecule has 2 aromatic rings. The van der Waals surface area contributed by atoms with Crippen molar-refractivity contribution in [2.45, 2.75) is 0 Å². The molecule has 0 atom stereocenters. The van der Waals surface area contributed by atoms with E-state index in [0.717, 1.165) is 0 Å². The molecule has 0 aromatic carbocycles. The first-order valence-corrected chi connectivity index (χ1v) is 6.70. The quantitative estimate of drug-likeness (QED) is 0.420. The fourth-order valence-electron chi connectivity index (χ4n) is 1.84. The lowest BCUT2D eigenvalue weighted by atomic mass is 10.3. The maximum Gasteiger partial charge on any atom is 0.126 e. The Morgan fingerprint density at radius 2 is 2.09 bits per heavy atom.